The molecule has 0 aliphatic carbocycles. The first-order valence-corrected chi connectivity index (χ1v) is 12.7. The van der Waals surface area contributed by atoms with Gasteiger partial charge < -0.3 is 24.7 Å². The lowest BCUT2D eigenvalue weighted by molar-refractivity contribution is -0.140. The van der Waals surface area contributed by atoms with Gasteiger partial charge in [-0.2, -0.15) is 11.3 Å². The zero-order chi connectivity index (χ0) is 23.3. The number of likely N-dealkylation sites (tertiary alicyclic amines) is 2. The number of thiophene rings is 1. The number of aliphatic hydroxyl groups excluding tert-OH is 1. The van der Waals surface area contributed by atoms with Crippen LogP contribution >= 0.6 is 11.3 Å². The molecule has 7 heteroatoms. The third-order valence-corrected chi connectivity index (χ3v) is 7.83. The molecule has 2 aliphatic rings. The average molecular weight is 471 g/mol. The summed E-state index contributed by atoms with van der Waals surface area (Å²) in [5.41, 5.74) is 1.22. The Morgan fingerprint density at radius 1 is 1.18 bits per heavy atom. The number of benzene rings is 1. The molecular formula is C26H34N2O4S. The van der Waals surface area contributed by atoms with Crippen LogP contribution in [0, 0.1) is 0 Å². The summed E-state index contributed by atoms with van der Waals surface area (Å²) in [7, 11) is 1.68. The summed E-state index contributed by atoms with van der Waals surface area (Å²) in [6, 6.07) is 10.3. The predicted molar refractivity (Wildman–Crippen MR) is 132 cm³/mol. The molecule has 3 heterocycles. The number of hydrogen-bond donors (Lipinski definition) is 2. The molecule has 2 saturated heterocycles. The van der Waals surface area contributed by atoms with Gasteiger partial charge in [0.15, 0.2) is 0 Å². The monoisotopic (exact) mass is 470 g/mol. The van der Waals surface area contributed by atoms with Crippen LogP contribution in [0.1, 0.15) is 42.7 Å². The predicted octanol–water partition coefficient (Wildman–Crippen LogP) is 3.36. The van der Waals surface area contributed by atoms with Gasteiger partial charge in [0.2, 0.25) is 5.91 Å². The Labute approximate surface area is 200 Å². The number of hydrogen-bond acceptors (Lipinski definition) is 6. The summed E-state index contributed by atoms with van der Waals surface area (Å²) in [6.07, 6.45) is 5.48. The van der Waals surface area contributed by atoms with E-state index in [-0.39, 0.29) is 5.91 Å². The summed E-state index contributed by atoms with van der Waals surface area (Å²) in [5.74, 6) is 1.35. The highest BCUT2D eigenvalue weighted by molar-refractivity contribution is 7.08. The van der Waals surface area contributed by atoms with Crippen molar-refractivity contribution in [1.82, 2.24) is 9.80 Å². The van der Waals surface area contributed by atoms with Gasteiger partial charge in [-0.25, -0.2) is 0 Å². The minimum atomic E-state index is -1.14. The Morgan fingerprint density at radius 3 is 2.48 bits per heavy atom. The third-order valence-electron chi connectivity index (χ3n) is 7.13. The van der Waals surface area contributed by atoms with Crippen LogP contribution in [0.15, 0.2) is 47.2 Å². The molecule has 6 nitrogen and oxygen atoms in total. The number of carbonyl (C=O) groups is 1. The molecular weight excluding hydrogens is 436 g/mol. The highest BCUT2D eigenvalue weighted by atomic mass is 32.1. The van der Waals surface area contributed by atoms with Crippen molar-refractivity contribution in [3.63, 3.8) is 0 Å². The summed E-state index contributed by atoms with van der Waals surface area (Å²) in [5, 5.41) is 25.9. The number of methoxy groups -OCH3 is 1. The number of carbonyl (C=O) groups excluding carboxylic acids is 1. The van der Waals surface area contributed by atoms with Crippen molar-refractivity contribution in [3.05, 3.63) is 58.3 Å². The first-order valence-electron chi connectivity index (χ1n) is 11.7. The molecule has 1 unspecified atom stereocenters. The number of rotatable bonds is 7. The van der Waals surface area contributed by atoms with Crippen LogP contribution in [-0.4, -0.2) is 77.5 Å². The maximum absolute atomic E-state index is 12.5. The van der Waals surface area contributed by atoms with E-state index in [9.17, 15) is 15.0 Å². The van der Waals surface area contributed by atoms with Crippen LogP contribution in [0.25, 0.3) is 6.08 Å². The second kappa shape index (κ2) is 10.8. The average Bonchev–Trinajstić information content (AvgIpc) is 3.37. The second-order valence-electron chi connectivity index (χ2n) is 9.18. The Kier molecular flexibility index (Phi) is 7.86. The maximum atomic E-state index is 12.5. The highest BCUT2D eigenvalue weighted by Gasteiger charge is 2.40. The number of piperidine rings is 2. The molecule has 0 spiro atoms. The molecule has 2 aliphatic heterocycles. The molecule has 1 aromatic heterocycles. The highest BCUT2D eigenvalue weighted by Crippen LogP contribution is 2.31. The van der Waals surface area contributed by atoms with Crippen LogP contribution in [0.4, 0.5) is 0 Å². The molecule has 1 aromatic carbocycles. The number of β-amino-alcohol motifs (C(OH)–C–C–N with tert-alkyl or cyclic N) is 1. The van der Waals surface area contributed by atoms with Crippen molar-refractivity contribution in [3.8, 4) is 5.75 Å². The van der Waals surface area contributed by atoms with Crippen LogP contribution in [0.5, 0.6) is 5.75 Å². The largest absolute Gasteiger partial charge is 0.497 e. The minimum Gasteiger partial charge on any atom is -0.497 e. The topological polar surface area (TPSA) is 73.2 Å². The summed E-state index contributed by atoms with van der Waals surface area (Å²) >= 11 is 1.60. The van der Waals surface area contributed by atoms with Crippen LogP contribution < -0.4 is 4.74 Å². The first kappa shape index (κ1) is 24.0. The Bertz CT molecular complexity index is 912. The quantitative estimate of drug-likeness (QED) is 0.607. The van der Waals surface area contributed by atoms with Gasteiger partial charge in [-0.1, -0.05) is 12.1 Å². The van der Waals surface area contributed by atoms with Gasteiger partial charge in [-0.3, -0.25) is 4.79 Å². The number of amides is 1. The molecule has 2 aromatic rings. The van der Waals surface area contributed by atoms with E-state index in [0.717, 1.165) is 37.2 Å². The Morgan fingerprint density at radius 2 is 1.88 bits per heavy atom. The normalized spacial score (nSPS) is 20.8. The van der Waals surface area contributed by atoms with Crippen molar-refractivity contribution in [2.24, 2.45) is 0 Å². The van der Waals surface area contributed by atoms with Gasteiger partial charge in [-0.15, -0.1) is 0 Å². The van der Waals surface area contributed by atoms with E-state index >= 15 is 0 Å². The number of aliphatic hydroxyl groups is 2. The summed E-state index contributed by atoms with van der Waals surface area (Å²) < 4.78 is 5.25. The van der Waals surface area contributed by atoms with Crippen molar-refractivity contribution in [1.29, 1.82) is 0 Å². The molecule has 178 valence electrons. The smallest absolute Gasteiger partial charge is 0.246 e. The van der Waals surface area contributed by atoms with E-state index in [2.05, 4.69) is 17.0 Å². The van der Waals surface area contributed by atoms with Crippen molar-refractivity contribution in [2.75, 3.05) is 39.8 Å². The van der Waals surface area contributed by atoms with Gasteiger partial charge in [-0.05, 0) is 90.9 Å². The third kappa shape index (κ3) is 6.03. The van der Waals surface area contributed by atoms with Crippen molar-refractivity contribution in [2.45, 2.75) is 43.3 Å². The molecule has 0 saturated carbocycles. The zero-order valence-electron chi connectivity index (χ0n) is 19.2. The van der Waals surface area contributed by atoms with E-state index in [1.807, 2.05) is 35.0 Å². The van der Waals surface area contributed by atoms with Crippen LogP contribution in [0.3, 0.4) is 0 Å². The Balaban J connectivity index is 1.22. The van der Waals surface area contributed by atoms with Crippen LogP contribution in [-0.2, 0) is 4.79 Å². The van der Waals surface area contributed by atoms with E-state index in [4.69, 9.17) is 4.74 Å². The van der Waals surface area contributed by atoms with Gasteiger partial charge in [0.25, 0.3) is 0 Å². The fourth-order valence-electron chi connectivity index (χ4n) is 4.83. The van der Waals surface area contributed by atoms with Gasteiger partial charge in [0, 0.05) is 25.7 Å². The fraction of sp³-hybridized carbons (Fsp3) is 0.500. The van der Waals surface area contributed by atoms with Crippen molar-refractivity contribution < 1.29 is 19.7 Å². The Hall–Kier alpha value is -2.19. The molecule has 2 fully saturated rings. The second-order valence-corrected chi connectivity index (χ2v) is 9.96. The summed E-state index contributed by atoms with van der Waals surface area (Å²) in [6.45, 7) is 3.20. The van der Waals surface area contributed by atoms with Crippen molar-refractivity contribution >= 4 is 23.3 Å². The standard InChI is InChI=1S/C26H34N2O4S/c1-32-23-5-3-21(4-6-23)22-8-13-27(14-9-22)18-24(29)26(31)11-15-28(16-12-26)25(30)7-2-20-10-17-33-19-20/h2-7,10,17,19,22,24,29,31H,8-9,11-16,18H2,1H3. The molecule has 0 bridgehead atoms. The fourth-order valence-corrected chi connectivity index (χ4v) is 5.46. The molecule has 33 heavy (non-hydrogen) atoms. The minimum absolute atomic E-state index is 0.0432. The van der Waals surface area contributed by atoms with E-state index in [1.54, 1.807) is 29.4 Å². The molecule has 0 radical (unpaired) electrons. The first-order chi connectivity index (χ1) is 16.0. The molecule has 4 rings (SSSR count). The summed E-state index contributed by atoms with van der Waals surface area (Å²) in [4.78, 5) is 16.5. The van der Waals surface area contributed by atoms with Gasteiger partial charge >= 0.3 is 0 Å². The molecule has 2 N–H and O–H groups in total. The number of nitrogens with zero attached hydrogens (tertiary/aromatic N) is 2. The molecule has 1 amide bonds. The van der Waals surface area contributed by atoms with E-state index in [1.165, 1.54) is 5.56 Å². The van der Waals surface area contributed by atoms with Gasteiger partial charge in [0.05, 0.1) is 18.8 Å². The van der Waals surface area contributed by atoms with Gasteiger partial charge in [0.1, 0.15) is 5.75 Å². The van der Waals surface area contributed by atoms with E-state index in [0.29, 0.717) is 38.4 Å². The lowest BCUT2D eigenvalue weighted by atomic mass is 9.84. The lowest BCUT2D eigenvalue weighted by Crippen LogP contribution is -2.56. The zero-order valence-corrected chi connectivity index (χ0v) is 20.0. The van der Waals surface area contributed by atoms with E-state index < -0.39 is 11.7 Å². The number of ether oxygens (including phenoxy) is 1. The SMILES string of the molecule is COc1ccc(C2CCN(CC(O)C3(O)CCN(C(=O)C=Cc4ccsc4)CC3)CC2)cc1. The maximum Gasteiger partial charge on any atom is 0.246 e. The van der Waals surface area contributed by atoms with Crippen LogP contribution in [0.2, 0.25) is 0 Å². The molecule has 1 atom stereocenters. The lowest BCUT2D eigenvalue weighted by Gasteiger charge is -2.43.